The van der Waals surface area contributed by atoms with E-state index in [4.69, 9.17) is 18.9 Å². The molecule has 2 fully saturated rings. The van der Waals surface area contributed by atoms with Crippen molar-refractivity contribution in [3.8, 4) is 0 Å². The maximum absolute atomic E-state index is 10.2. The van der Waals surface area contributed by atoms with Crippen LogP contribution in [0, 0.1) is 0 Å². The highest BCUT2D eigenvalue weighted by atomic mass is 16.8. The number of aliphatic hydroxyl groups excluding tert-OH is 8. The van der Waals surface area contributed by atoms with Gasteiger partial charge in [-0.1, -0.05) is 0 Å². The molecule has 12 nitrogen and oxygen atoms in total. The van der Waals surface area contributed by atoms with Crippen LogP contribution in [0.5, 0.6) is 0 Å². The number of hydrogen-bond donors (Lipinski definition) is 8. The quantitative estimate of drug-likeness (QED) is 0.192. The number of aliphatic hydroxyl groups is 8. The van der Waals surface area contributed by atoms with Crippen LogP contribution in [-0.2, 0) is 18.9 Å². The summed E-state index contributed by atoms with van der Waals surface area (Å²) >= 11 is 0. The molecule has 9 atom stereocenters. The van der Waals surface area contributed by atoms with E-state index in [2.05, 4.69) is 0 Å². The summed E-state index contributed by atoms with van der Waals surface area (Å²) < 4.78 is 21.0. The average molecular weight is 412 g/mol. The zero-order valence-corrected chi connectivity index (χ0v) is 15.5. The third kappa shape index (κ3) is 4.11. The van der Waals surface area contributed by atoms with Crippen molar-refractivity contribution in [2.24, 2.45) is 0 Å². The van der Waals surface area contributed by atoms with Crippen molar-refractivity contribution in [1.29, 1.82) is 0 Å². The van der Waals surface area contributed by atoms with E-state index in [9.17, 15) is 40.9 Å². The third-order valence-corrected chi connectivity index (χ3v) is 4.78. The van der Waals surface area contributed by atoms with E-state index in [1.165, 1.54) is 6.92 Å². The Morgan fingerprint density at radius 3 is 2.14 bits per heavy atom. The summed E-state index contributed by atoms with van der Waals surface area (Å²) in [6.07, 6.45) is -13.6. The number of rotatable bonds is 7. The Morgan fingerprint density at radius 1 is 1.00 bits per heavy atom. The second-order valence-electron chi connectivity index (χ2n) is 6.63. The van der Waals surface area contributed by atoms with Crippen LogP contribution < -0.4 is 0 Å². The van der Waals surface area contributed by atoms with Gasteiger partial charge in [-0.25, -0.2) is 0 Å². The molecule has 0 bridgehead atoms. The van der Waals surface area contributed by atoms with E-state index >= 15 is 0 Å². The van der Waals surface area contributed by atoms with Crippen molar-refractivity contribution in [3.05, 3.63) is 11.5 Å². The van der Waals surface area contributed by atoms with Gasteiger partial charge in [0.1, 0.15) is 55.1 Å². The summed E-state index contributed by atoms with van der Waals surface area (Å²) in [6, 6.07) is 0. The second-order valence-corrected chi connectivity index (χ2v) is 6.63. The van der Waals surface area contributed by atoms with Crippen molar-refractivity contribution >= 4 is 0 Å². The van der Waals surface area contributed by atoms with Crippen LogP contribution in [0.3, 0.4) is 0 Å². The highest BCUT2D eigenvalue weighted by Crippen LogP contribution is 2.36. The molecule has 164 valence electrons. The fourth-order valence-corrected chi connectivity index (χ4v) is 3.13. The molecule has 0 saturated carbocycles. The Hall–Kier alpha value is -1.06. The number of ether oxygens (including phenoxy) is 4. The lowest BCUT2D eigenvalue weighted by Crippen LogP contribution is -2.62. The summed E-state index contributed by atoms with van der Waals surface area (Å²) in [5, 5.41) is 79.6. The van der Waals surface area contributed by atoms with Crippen molar-refractivity contribution in [2.45, 2.75) is 68.7 Å². The molecular weight excluding hydrogens is 384 g/mol. The van der Waals surface area contributed by atoms with Gasteiger partial charge in [0, 0.05) is 0 Å². The molecule has 0 aromatic carbocycles. The first-order valence-electron chi connectivity index (χ1n) is 8.79. The molecule has 0 aliphatic carbocycles. The summed E-state index contributed by atoms with van der Waals surface area (Å²) in [5.41, 5.74) is 0. The Morgan fingerprint density at radius 2 is 1.64 bits per heavy atom. The van der Waals surface area contributed by atoms with Gasteiger partial charge in [-0.05, 0) is 13.8 Å². The highest BCUT2D eigenvalue weighted by Gasteiger charge is 2.58. The van der Waals surface area contributed by atoms with Gasteiger partial charge in [0.25, 0.3) is 0 Å². The molecule has 2 heterocycles. The Labute approximate surface area is 160 Å². The van der Waals surface area contributed by atoms with E-state index in [-0.39, 0.29) is 12.4 Å². The van der Waals surface area contributed by atoms with Crippen molar-refractivity contribution in [2.75, 3.05) is 19.8 Å². The van der Waals surface area contributed by atoms with Crippen LogP contribution in [-0.4, -0.2) is 115 Å². The summed E-state index contributed by atoms with van der Waals surface area (Å²) in [7, 11) is 0. The molecule has 2 rings (SSSR count). The van der Waals surface area contributed by atoms with E-state index in [1.54, 1.807) is 6.92 Å². The van der Waals surface area contributed by atoms with Gasteiger partial charge in [0.05, 0.1) is 13.2 Å². The zero-order valence-electron chi connectivity index (χ0n) is 15.5. The van der Waals surface area contributed by atoms with Gasteiger partial charge < -0.3 is 59.8 Å². The molecule has 12 heteroatoms. The predicted octanol–water partition coefficient (Wildman–Crippen LogP) is -3.56. The molecule has 0 aromatic rings. The third-order valence-electron chi connectivity index (χ3n) is 4.78. The van der Waals surface area contributed by atoms with Crippen LogP contribution in [0.2, 0.25) is 0 Å². The smallest absolute Gasteiger partial charge is 0.224 e. The molecule has 2 aliphatic rings. The topological polar surface area (TPSA) is 199 Å². The summed E-state index contributed by atoms with van der Waals surface area (Å²) in [6.45, 7) is 1.56. The Bertz CT molecular complexity index is 556. The Kier molecular flexibility index (Phi) is 7.61. The monoisotopic (exact) mass is 412 g/mol. The predicted molar refractivity (Wildman–Crippen MR) is 88.5 cm³/mol. The fourth-order valence-electron chi connectivity index (χ4n) is 3.13. The lowest BCUT2D eigenvalue weighted by atomic mass is 9.97. The van der Waals surface area contributed by atoms with Gasteiger partial charge in [-0.15, -0.1) is 0 Å². The molecule has 28 heavy (non-hydrogen) atoms. The van der Waals surface area contributed by atoms with E-state index in [1.807, 2.05) is 0 Å². The first-order chi connectivity index (χ1) is 13.1. The minimum absolute atomic E-state index is 0.00122. The first-order valence-corrected chi connectivity index (χ1v) is 8.79. The van der Waals surface area contributed by atoms with E-state index < -0.39 is 73.8 Å². The minimum Gasteiger partial charge on any atom is -0.506 e. The lowest BCUT2D eigenvalue weighted by Gasteiger charge is -2.43. The molecule has 0 radical (unpaired) electrons. The number of allylic oxidation sites excluding steroid dienone is 1. The average Bonchev–Trinajstić information content (AvgIpc) is 2.93. The minimum atomic E-state index is -2.29. The molecule has 8 N–H and O–H groups in total. The highest BCUT2D eigenvalue weighted by molar-refractivity contribution is 5.10. The first kappa shape index (κ1) is 23.2. The molecule has 0 aromatic heterocycles. The van der Waals surface area contributed by atoms with Gasteiger partial charge in [0.2, 0.25) is 5.79 Å². The number of hydrogen-bond acceptors (Lipinski definition) is 12. The molecule has 2 saturated heterocycles. The molecular formula is C16H28O12. The van der Waals surface area contributed by atoms with Crippen LogP contribution >= 0.6 is 0 Å². The van der Waals surface area contributed by atoms with Crippen LogP contribution in [0.25, 0.3) is 0 Å². The SMILES string of the molecule is CCO/C(C)=C(/O)[C@H]1O[C@H](OC2(CO)O[C@H](CO)[C@@H](O)[C@@H]2O)[C@H](O)[C@@H](O)[C@@H]1O. The van der Waals surface area contributed by atoms with Crippen molar-refractivity contribution in [1.82, 2.24) is 0 Å². The van der Waals surface area contributed by atoms with Gasteiger partial charge >= 0.3 is 0 Å². The Balaban J connectivity index is 2.27. The maximum atomic E-state index is 10.2. The standard InChI is InChI=1S/C16H28O12/c1-3-25-6(2)8(19)13-11(22)10(21)12(23)15(26-13)28-16(5-18)14(24)9(20)7(4-17)27-16/h7,9-15,17-24H,3-5H2,1-2H3/b8-6+/t7-,9-,10+,11+,12-,13-,14+,15-,16?/m1/s1. The second kappa shape index (κ2) is 9.17. The van der Waals surface area contributed by atoms with Gasteiger partial charge in [0.15, 0.2) is 12.0 Å². The van der Waals surface area contributed by atoms with E-state index in [0.717, 1.165) is 0 Å². The summed E-state index contributed by atoms with van der Waals surface area (Å²) in [5.74, 6) is -2.86. The van der Waals surface area contributed by atoms with Crippen molar-refractivity contribution < 1.29 is 59.8 Å². The molecule has 2 aliphatic heterocycles. The molecule has 0 spiro atoms. The van der Waals surface area contributed by atoms with Crippen molar-refractivity contribution in [3.63, 3.8) is 0 Å². The maximum Gasteiger partial charge on any atom is 0.224 e. The van der Waals surface area contributed by atoms with Gasteiger partial charge in [-0.2, -0.15) is 0 Å². The van der Waals surface area contributed by atoms with Gasteiger partial charge in [-0.3, -0.25) is 0 Å². The van der Waals surface area contributed by atoms with Crippen LogP contribution in [0.1, 0.15) is 13.8 Å². The van der Waals surface area contributed by atoms with Crippen LogP contribution in [0.4, 0.5) is 0 Å². The normalized spacial score (nSPS) is 45.0. The molecule has 1 unspecified atom stereocenters. The molecule has 0 amide bonds. The lowest BCUT2D eigenvalue weighted by molar-refractivity contribution is -0.380. The van der Waals surface area contributed by atoms with E-state index in [0.29, 0.717) is 0 Å². The zero-order chi connectivity index (χ0) is 21.2. The van der Waals surface area contributed by atoms with Crippen LogP contribution in [0.15, 0.2) is 11.5 Å². The largest absolute Gasteiger partial charge is 0.506 e. The summed E-state index contributed by atoms with van der Waals surface area (Å²) in [4.78, 5) is 0. The fraction of sp³-hybridized carbons (Fsp3) is 0.875.